The van der Waals surface area contributed by atoms with Crippen LogP contribution in [0.5, 0.6) is 17.2 Å². The molecule has 0 fully saturated rings. The molecule has 6 N–H and O–H groups in total. The smallest absolute Gasteiger partial charge is 0.339 e. The van der Waals surface area contributed by atoms with Crippen molar-refractivity contribution in [3.8, 4) is 17.2 Å². The van der Waals surface area contributed by atoms with Crippen LogP contribution >= 0.6 is 0 Å². The van der Waals surface area contributed by atoms with Crippen LogP contribution in [0.2, 0.25) is 0 Å². The molecule has 2 rings (SSSR count). The van der Waals surface area contributed by atoms with Crippen molar-refractivity contribution in [2.24, 2.45) is 0 Å². The van der Waals surface area contributed by atoms with E-state index in [1.54, 1.807) is 0 Å². The van der Waals surface area contributed by atoms with E-state index >= 15 is 0 Å². The molecule has 0 radical (unpaired) electrons. The van der Waals surface area contributed by atoms with E-state index in [0.717, 1.165) is 12.1 Å². The number of phenolic OH excluding ortho intramolecular Hbond substituents is 2. The van der Waals surface area contributed by atoms with E-state index in [1.807, 2.05) is 0 Å². The maximum Gasteiger partial charge on any atom is 0.339 e. The zero-order valence-electron chi connectivity index (χ0n) is 12.2. The molecular weight excluding hydrogens is 358 g/mol. The topological polar surface area (TPSA) is 181 Å². The Hall–Kier alpha value is -3.31. The van der Waals surface area contributed by atoms with Gasteiger partial charge in [0, 0.05) is 17.8 Å². The third kappa shape index (κ3) is 3.79. The standard InChI is InChI=1S/C14H11NO9S/c16-9-3-6(1-2-7(9)14(20)21)15-13(19)8-4-11(18)12(5-10(8)17)25(22,23)24/h1-5,16-18H,(H,15,19)(H,20,21)(H,22,23,24). The van der Waals surface area contributed by atoms with Crippen molar-refractivity contribution < 1.29 is 43.0 Å². The van der Waals surface area contributed by atoms with Crippen molar-refractivity contribution in [1.82, 2.24) is 0 Å². The highest BCUT2D eigenvalue weighted by Gasteiger charge is 2.22. The Morgan fingerprint density at radius 1 is 0.880 bits per heavy atom. The zero-order chi connectivity index (χ0) is 18.9. The predicted octanol–water partition coefficient (Wildman–Crippen LogP) is 1.00. The SMILES string of the molecule is O=C(O)c1ccc(NC(=O)c2cc(O)c(S(=O)(=O)O)cc2O)cc1O. The number of hydrogen-bond donors (Lipinski definition) is 6. The van der Waals surface area contributed by atoms with Crippen LogP contribution < -0.4 is 5.32 Å². The third-order valence-corrected chi connectivity index (χ3v) is 3.97. The zero-order valence-corrected chi connectivity index (χ0v) is 13.0. The van der Waals surface area contributed by atoms with Crippen molar-refractivity contribution >= 4 is 27.7 Å². The highest BCUT2D eigenvalue weighted by atomic mass is 32.2. The quantitative estimate of drug-likeness (QED) is 0.338. The van der Waals surface area contributed by atoms with Gasteiger partial charge in [0.2, 0.25) is 0 Å². The number of aromatic hydroxyl groups is 3. The van der Waals surface area contributed by atoms with Gasteiger partial charge >= 0.3 is 5.97 Å². The first-order valence-corrected chi connectivity index (χ1v) is 7.86. The van der Waals surface area contributed by atoms with Gasteiger partial charge in [0.1, 0.15) is 27.7 Å². The number of anilines is 1. The maximum atomic E-state index is 12.1. The summed E-state index contributed by atoms with van der Waals surface area (Å²) in [6.45, 7) is 0. The Balaban J connectivity index is 2.35. The molecule has 0 atom stereocenters. The molecule has 25 heavy (non-hydrogen) atoms. The lowest BCUT2D eigenvalue weighted by atomic mass is 10.1. The molecule has 0 aliphatic carbocycles. The molecule has 1 amide bonds. The minimum atomic E-state index is -4.81. The number of carbonyl (C=O) groups is 2. The minimum absolute atomic E-state index is 0.0229. The van der Waals surface area contributed by atoms with Crippen molar-refractivity contribution in [3.05, 3.63) is 41.5 Å². The summed E-state index contributed by atoms with van der Waals surface area (Å²) >= 11 is 0. The molecule has 0 aliphatic heterocycles. The van der Waals surface area contributed by atoms with E-state index < -0.39 is 55.3 Å². The largest absolute Gasteiger partial charge is 0.507 e. The average Bonchev–Trinajstić information content (AvgIpc) is 2.47. The van der Waals surface area contributed by atoms with Crippen LogP contribution in [-0.2, 0) is 10.1 Å². The van der Waals surface area contributed by atoms with Crippen LogP contribution in [0.4, 0.5) is 5.69 Å². The van der Waals surface area contributed by atoms with Gasteiger partial charge in [0.25, 0.3) is 16.0 Å². The Bertz CT molecular complexity index is 982. The molecule has 0 spiro atoms. The number of hydrogen-bond acceptors (Lipinski definition) is 7. The first-order valence-electron chi connectivity index (χ1n) is 6.42. The number of carboxylic acids is 1. The van der Waals surface area contributed by atoms with Crippen LogP contribution in [0, 0.1) is 0 Å². The number of rotatable bonds is 4. The Morgan fingerprint density at radius 2 is 1.48 bits per heavy atom. The van der Waals surface area contributed by atoms with Crippen molar-refractivity contribution in [2.45, 2.75) is 4.90 Å². The van der Waals surface area contributed by atoms with E-state index in [0.29, 0.717) is 12.1 Å². The second-order valence-electron chi connectivity index (χ2n) is 4.80. The molecule has 11 heteroatoms. The van der Waals surface area contributed by atoms with Crippen LogP contribution in [0.15, 0.2) is 35.2 Å². The van der Waals surface area contributed by atoms with Crippen molar-refractivity contribution in [1.29, 1.82) is 0 Å². The van der Waals surface area contributed by atoms with Gasteiger partial charge in [-0.3, -0.25) is 9.35 Å². The summed E-state index contributed by atoms with van der Waals surface area (Å²) in [6.07, 6.45) is 0. The first-order chi connectivity index (χ1) is 11.5. The fourth-order valence-electron chi connectivity index (χ4n) is 1.93. The second-order valence-corrected chi connectivity index (χ2v) is 6.19. The van der Waals surface area contributed by atoms with E-state index in [-0.39, 0.29) is 5.69 Å². The average molecular weight is 369 g/mol. The lowest BCUT2D eigenvalue weighted by Crippen LogP contribution is -2.13. The molecule has 10 nitrogen and oxygen atoms in total. The summed E-state index contributed by atoms with van der Waals surface area (Å²) in [4.78, 5) is 21.9. The van der Waals surface area contributed by atoms with Gasteiger partial charge in [0.05, 0.1) is 5.56 Å². The lowest BCUT2D eigenvalue weighted by Gasteiger charge is -2.10. The Morgan fingerprint density at radius 3 is 2.00 bits per heavy atom. The Labute approximate surface area is 140 Å². The molecule has 0 aromatic heterocycles. The number of nitrogens with one attached hydrogen (secondary N) is 1. The van der Waals surface area contributed by atoms with Gasteiger partial charge < -0.3 is 25.7 Å². The van der Waals surface area contributed by atoms with Crippen molar-refractivity contribution in [3.63, 3.8) is 0 Å². The molecule has 0 saturated heterocycles. The van der Waals surface area contributed by atoms with Gasteiger partial charge in [-0.2, -0.15) is 8.42 Å². The van der Waals surface area contributed by atoms with Crippen LogP contribution in [0.25, 0.3) is 0 Å². The molecule has 0 unspecified atom stereocenters. The minimum Gasteiger partial charge on any atom is -0.507 e. The molecule has 0 saturated carbocycles. The van der Waals surface area contributed by atoms with Gasteiger partial charge in [0.15, 0.2) is 0 Å². The van der Waals surface area contributed by atoms with Crippen LogP contribution in [0.3, 0.4) is 0 Å². The summed E-state index contributed by atoms with van der Waals surface area (Å²) < 4.78 is 30.9. The molecule has 0 aliphatic rings. The summed E-state index contributed by atoms with van der Waals surface area (Å²) in [7, 11) is -4.81. The molecule has 2 aromatic carbocycles. The molecular formula is C14H11NO9S. The normalized spacial score (nSPS) is 11.1. The Kier molecular flexibility index (Phi) is 4.54. The van der Waals surface area contributed by atoms with Gasteiger partial charge in [-0.05, 0) is 18.2 Å². The number of amides is 1. The monoisotopic (exact) mass is 369 g/mol. The predicted molar refractivity (Wildman–Crippen MR) is 82.6 cm³/mol. The summed E-state index contributed by atoms with van der Waals surface area (Å²) in [5, 5.41) is 39.9. The second kappa shape index (κ2) is 6.30. The van der Waals surface area contributed by atoms with Crippen LogP contribution in [0.1, 0.15) is 20.7 Å². The van der Waals surface area contributed by atoms with E-state index in [1.165, 1.54) is 6.07 Å². The fourth-order valence-corrected chi connectivity index (χ4v) is 2.52. The highest BCUT2D eigenvalue weighted by Crippen LogP contribution is 2.31. The number of carboxylic acid groups (broad SMARTS) is 1. The molecule has 0 bridgehead atoms. The fraction of sp³-hybridized carbons (Fsp3) is 0. The van der Waals surface area contributed by atoms with E-state index in [4.69, 9.17) is 9.66 Å². The molecule has 0 heterocycles. The lowest BCUT2D eigenvalue weighted by molar-refractivity contribution is 0.0693. The van der Waals surface area contributed by atoms with Gasteiger partial charge in [-0.25, -0.2) is 4.79 Å². The molecule has 132 valence electrons. The highest BCUT2D eigenvalue weighted by molar-refractivity contribution is 7.86. The first kappa shape index (κ1) is 18.0. The third-order valence-electron chi connectivity index (χ3n) is 3.09. The summed E-state index contributed by atoms with van der Waals surface area (Å²) in [5.41, 5.74) is -0.937. The van der Waals surface area contributed by atoms with Crippen molar-refractivity contribution in [2.75, 3.05) is 5.32 Å². The van der Waals surface area contributed by atoms with Gasteiger partial charge in [-0.1, -0.05) is 0 Å². The van der Waals surface area contributed by atoms with Crippen LogP contribution in [-0.4, -0.2) is 45.3 Å². The number of benzene rings is 2. The molecule has 2 aromatic rings. The summed E-state index contributed by atoms with van der Waals surface area (Å²) in [5.74, 6) is -4.78. The number of phenols is 3. The number of aromatic carboxylic acids is 1. The van der Waals surface area contributed by atoms with E-state index in [9.17, 15) is 33.3 Å². The maximum absolute atomic E-state index is 12.1. The number of carbonyl (C=O) groups excluding carboxylic acids is 1. The van der Waals surface area contributed by atoms with E-state index in [2.05, 4.69) is 5.32 Å². The van der Waals surface area contributed by atoms with Gasteiger partial charge in [-0.15, -0.1) is 0 Å². The summed E-state index contributed by atoms with van der Waals surface area (Å²) in [6, 6.07) is 4.27.